The molecule has 0 bridgehead atoms. The number of ether oxygens (including phenoxy) is 1. The lowest BCUT2D eigenvalue weighted by Crippen LogP contribution is -2.25. The monoisotopic (exact) mass is 292 g/mol. The molecule has 0 atom stereocenters. The number of esters is 1. The Labute approximate surface area is 120 Å². The summed E-state index contributed by atoms with van der Waals surface area (Å²) in [6, 6.07) is 0. The van der Waals surface area contributed by atoms with Gasteiger partial charge in [0.05, 0.1) is 19.9 Å². The summed E-state index contributed by atoms with van der Waals surface area (Å²) in [5.41, 5.74) is 1.33. The van der Waals surface area contributed by atoms with E-state index >= 15 is 0 Å². The van der Waals surface area contributed by atoms with Gasteiger partial charge in [-0.1, -0.05) is 5.21 Å². The van der Waals surface area contributed by atoms with Crippen molar-refractivity contribution in [3.63, 3.8) is 0 Å². The minimum absolute atomic E-state index is 0.119. The number of amides is 1. The number of carbonyl (C=O) groups excluding carboxylic acids is 2. The number of hydrogen-bond donors (Lipinski definition) is 1. The maximum Gasteiger partial charge on any atom is 0.360 e. The average Bonchev–Trinajstić information content (AvgIpc) is 3.03. The third kappa shape index (κ3) is 3.25. The number of rotatable bonds is 5. The Kier molecular flexibility index (Phi) is 4.31. The van der Waals surface area contributed by atoms with Crippen LogP contribution in [0.5, 0.6) is 0 Å². The van der Waals surface area contributed by atoms with Crippen molar-refractivity contribution in [1.29, 1.82) is 0 Å². The Hall–Kier alpha value is -2.71. The maximum absolute atomic E-state index is 11.8. The molecule has 0 aliphatic carbocycles. The summed E-state index contributed by atoms with van der Waals surface area (Å²) in [7, 11) is 3.05. The topological polar surface area (TPSA) is 104 Å². The van der Waals surface area contributed by atoms with Gasteiger partial charge in [0.15, 0.2) is 5.69 Å². The minimum atomic E-state index is -0.570. The number of nitrogens with zero attached hydrogens (tertiary/aromatic N) is 5. The second-order valence-electron chi connectivity index (χ2n) is 4.39. The molecule has 2 heterocycles. The van der Waals surface area contributed by atoms with Crippen molar-refractivity contribution < 1.29 is 14.3 Å². The summed E-state index contributed by atoms with van der Waals surface area (Å²) in [6.45, 7) is 2.20. The Morgan fingerprint density at radius 2 is 2.19 bits per heavy atom. The van der Waals surface area contributed by atoms with Crippen molar-refractivity contribution in [3.05, 3.63) is 18.1 Å². The summed E-state index contributed by atoms with van der Waals surface area (Å²) in [5, 5.41) is 14.5. The molecule has 0 saturated carbocycles. The lowest BCUT2D eigenvalue weighted by atomic mass is 10.2. The fourth-order valence-electron chi connectivity index (χ4n) is 1.87. The van der Waals surface area contributed by atoms with Crippen molar-refractivity contribution in [3.8, 4) is 11.3 Å². The van der Waals surface area contributed by atoms with Crippen LogP contribution in [0.15, 0.2) is 12.4 Å². The van der Waals surface area contributed by atoms with E-state index in [4.69, 9.17) is 4.74 Å². The second kappa shape index (κ2) is 6.16. The van der Waals surface area contributed by atoms with Crippen LogP contribution < -0.4 is 5.32 Å². The van der Waals surface area contributed by atoms with E-state index in [-0.39, 0.29) is 11.6 Å². The van der Waals surface area contributed by atoms with E-state index in [0.29, 0.717) is 24.3 Å². The van der Waals surface area contributed by atoms with Gasteiger partial charge in [0, 0.05) is 32.3 Å². The summed E-state index contributed by atoms with van der Waals surface area (Å²) < 4.78 is 7.86. The molecule has 0 aliphatic rings. The molecule has 0 aromatic carbocycles. The van der Waals surface area contributed by atoms with Gasteiger partial charge in [-0.15, -0.1) is 5.10 Å². The SMILES string of the molecule is COC(=O)c1nnn(CCNC(C)=O)c1-c1cnn(C)c1. The summed E-state index contributed by atoms with van der Waals surface area (Å²) >= 11 is 0. The molecule has 0 spiro atoms. The number of hydrogen-bond acceptors (Lipinski definition) is 6. The van der Waals surface area contributed by atoms with Gasteiger partial charge in [0.1, 0.15) is 5.69 Å². The van der Waals surface area contributed by atoms with Gasteiger partial charge in [0.2, 0.25) is 5.91 Å². The van der Waals surface area contributed by atoms with Crippen molar-refractivity contribution in [2.45, 2.75) is 13.5 Å². The molecule has 0 radical (unpaired) electrons. The van der Waals surface area contributed by atoms with E-state index in [1.165, 1.54) is 14.0 Å². The van der Waals surface area contributed by atoms with E-state index < -0.39 is 5.97 Å². The van der Waals surface area contributed by atoms with Crippen LogP contribution in [0.4, 0.5) is 0 Å². The van der Waals surface area contributed by atoms with Crippen molar-refractivity contribution >= 4 is 11.9 Å². The largest absolute Gasteiger partial charge is 0.464 e. The lowest BCUT2D eigenvalue weighted by molar-refractivity contribution is -0.118. The number of aryl methyl sites for hydroxylation is 1. The Morgan fingerprint density at radius 1 is 1.43 bits per heavy atom. The van der Waals surface area contributed by atoms with Gasteiger partial charge in [-0.3, -0.25) is 9.48 Å². The highest BCUT2D eigenvalue weighted by Crippen LogP contribution is 2.22. The molecule has 9 heteroatoms. The standard InChI is InChI=1S/C12H16N6O3/c1-8(19)13-4-5-18-11(9-6-14-17(2)7-9)10(15-16-18)12(20)21-3/h6-7H,4-5H2,1-3H3,(H,13,19). The number of carbonyl (C=O) groups is 2. The lowest BCUT2D eigenvalue weighted by Gasteiger charge is -2.06. The second-order valence-corrected chi connectivity index (χ2v) is 4.39. The molecule has 2 aromatic heterocycles. The third-order valence-corrected chi connectivity index (χ3v) is 2.79. The van der Waals surface area contributed by atoms with Gasteiger partial charge in [-0.05, 0) is 0 Å². The fourth-order valence-corrected chi connectivity index (χ4v) is 1.87. The van der Waals surface area contributed by atoms with Crippen LogP contribution in [-0.2, 0) is 23.1 Å². The molecule has 21 heavy (non-hydrogen) atoms. The van der Waals surface area contributed by atoms with E-state index in [9.17, 15) is 9.59 Å². The molecular formula is C12H16N6O3. The van der Waals surface area contributed by atoms with Crippen LogP contribution in [-0.4, -0.2) is 50.3 Å². The predicted octanol–water partition coefficient (Wildman–Crippen LogP) is -0.399. The Morgan fingerprint density at radius 3 is 2.76 bits per heavy atom. The molecule has 2 rings (SSSR count). The third-order valence-electron chi connectivity index (χ3n) is 2.79. The summed E-state index contributed by atoms with van der Waals surface area (Å²) in [6.07, 6.45) is 3.36. The number of aromatic nitrogens is 5. The minimum Gasteiger partial charge on any atom is -0.464 e. The molecule has 0 aliphatic heterocycles. The number of nitrogens with one attached hydrogen (secondary N) is 1. The molecule has 2 aromatic rings. The molecule has 112 valence electrons. The van der Waals surface area contributed by atoms with Crippen molar-refractivity contribution in [1.82, 2.24) is 30.1 Å². The van der Waals surface area contributed by atoms with Crippen molar-refractivity contribution in [2.75, 3.05) is 13.7 Å². The first kappa shape index (κ1) is 14.7. The first-order chi connectivity index (χ1) is 10.0. The fraction of sp³-hybridized carbons (Fsp3) is 0.417. The van der Waals surface area contributed by atoms with Crippen LogP contribution in [0, 0.1) is 0 Å². The molecule has 0 unspecified atom stereocenters. The normalized spacial score (nSPS) is 10.4. The molecule has 0 saturated heterocycles. The molecular weight excluding hydrogens is 276 g/mol. The predicted molar refractivity (Wildman–Crippen MR) is 72.2 cm³/mol. The zero-order chi connectivity index (χ0) is 15.4. The van der Waals surface area contributed by atoms with Crippen LogP contribution in [0.1, 0.15) is 17.4 Å². The zero-order valence-electron chi connectivity index (χ0n) is 12.0. The van der Waals surface area contributed by atoms with E-state index in [2.05, 4.69) is 20.7 Å². The van der Waals surface area contributed by atoms with Crippen LogP contribution in [0.3, 0.4) is 0 Å². The number of methoxy groups -OCH3 is 1. The highest BCUT2D eigenvalue weighted by atomic mass is 16.5. The van der Waals surface area contributed by atoms with Crippen molar-refractivity contribution in [2.24, 2.45) is 7.05 Å². The zero-order valence-corrected chi connectivity index (χ0v) is 12.0. The van der Waals surface area contributed by atoms with Gasteiger partial charge < -0.3 is 10.1 Å². The summed E-state index contributed by atoms with van der Waals surface area (Å²) in [4.78, 5) is 22.7. The maximum atomic E-state index is 11.8. The highest BCUT2D eigenvalue weighted by molar-refractivity contribution is 5.93. The average molecular weight is 292 g/mol. The van der Waals surface area contributed by atoms with E-state index in [1.807, 2.05) is 0 Å². The van der Waals surface area contributed by atoms with E-state index in [1.54, 1.807) is 28.8 Å². The molecule has 9 nitrogen and oxygen atoms in total. The van der Waals surface area contributed by atoms with Gasteiger partial charge >= 0.3 is 5.97 Å². The van der Waals surface area contributed by atoms with E-state index in [0.717, 1.165) is 0 Å². The van der Waals surface area contributed by atoms with Crippen LogP contribution in [0.2, 0.25) is 0 Å². The van der Waals surface area contributed by atoms with Gasteiger partial charge in [-0.2, -0.15) is 5.10 Å². The van der Waals surface area contributed by atoms with Crippen LogP contribution in [0.25, 0.3) is 11.3 Å². The first-order valence-corrected chi connectivity index (χ1v) is 6.28. The smallest absolute Gasteiger partial charge is 0.360 e. The van der Waals surface area contributed by atoms with Gasteiger partial charge in [-0.25, -0.2) is 9.48 Å². The highest BCUT2D eigenvalue weighted by Gasteiger charge is 2.22. The summed E-state index contributed by atoms with van der Waals surface area (Å²) in [5.74, 6) is -0.703. The Bertz CT molecular complexity index is 660. The Balaban J connectivity index is 2.34. The first-order valence-electron chi connectivity index (χ1n) is 6.28. The van der Waals surface area contributed by atoms with Gasteiger partial charge in [0.25, 0.3) is 0 Å². The molecule has 1 N–H and O–H groups in total. The quantitative estimate of drug-likeness (QED) is 0.752. The molecule has 1 amide bonds. The molecule has 0 fully saturated rings. The van der Waals surface area contributed by atoms with Crippen LogP contribution >= 0.6 is 0 Å².